The van der Waals surface area contributed by atoms with Gasteiger partial charge in [-0.1, -0.05) is 12.1 Å². The molecule has 0 aromatic heterocycles. The second-order valence-corrected chi connectivity index (χ2v) is 5.88. The highest BCUT2D eigenvalue weighted by molar-refractivity contribution is 5.50. The largest absolute Gasteiger partial charge is 0.488 e. The lowest BCUT2D eigenvalue weighted by atomic mass is 10.0. The van der Waals surface area contributed by atoms with Gasteiger partial charge in [0, 0.05) is 12.0 Å². The normalized spacial score (nSPS) is 19.8. The zero-order valence-electron chi connectivity index (χ0n) is 11.2. The Labute approximate surface area is 108 Å². The minimum Gasteiger partial charge on any atom is -0.488 e. The lowest BCUT2D eigenvalue weighted by molar-refractivity contribution is 0.120. The van der Waals surface area contributed by atoms with Gasteiger partial charge < -0.3 is 20.3 Å². The third-order valence-electron chi connectivity index (χ3n) is 2.97. The molecule has 18 heavy (non-hydrogen) atoms. The highest BCUT2D eigenvalue weighted by atomic mass is 16.5. The van der Waals surface area contributed by atoms with Crippen LogP contribution in [0.3, 0.4) is 0 Å². The van der Waals surface area contributed by atoms with E-state index in [1.165, 1.54) is 0 Å². The van der Waals surface area contributed by atoms with Crippen molar-refractivity contribution in [1.82, 2.24) is 0 Å². The van der Waals surface area contributed by atoms with Gasteiger partial charge in [-0.25, -0.2) is 0 Å². The number of para-hydroxylation sites is 1. The number of aliphatic hydroxyl groups excluding tert-OH is 1. The summed E-state index contributed by atoms with van der Waals surface area (Å²) >= 11 is 0. The topological polar surface area (TPSA) is 64.7 Å². The van der Waals surface area contributed by atoms with Crippen molar-refractivity contribution >= 4 is 0 Å². The fourth-order valence-corrected chi connectivity index (χ4v) is 1.99. The first-order chi connectivity index (χ1) is 8.33. The first-order valence-corrected chi connectivity index (χ1v) is 6.16. The minimum atomic E-state index is -0.739. The molecule has 100 valence electrons. The summed E-state index contributed by atoms with van der Waals surface area (Å²) in [6.07, 6.45) is 0.874. The summed E-state index contributed by atoms with van der Waals surface area (Å²) in [5.74, 6) is 1.50. The van der Waals surface area contributed by atoms with Gasteiger partial charge in [-0.3, -0.25) is 0 Å². The number of hydrogen-bond donors (Lipinski definition) is 2. The third-order valence-corrected chi connectivity index (χ3v) is 2.97. The molecular formula is C14H21NO3. The molecule has 2 rings (SSSR count). The summed E-state index contributed by atoms with van der Waals surface area (Å²) in [5.41, 5.74) is 6.07. The smallest absolute Gasteiger partial charge is 0.165 e. The maximum absolute atomic E-state index is 9.11. The van der Waals surface area contributed by atoms with Crippen molar-refractivity contribution in [1.29, 1.82) is 0 Å². The molecule has 1 atom stereocenters. The zero-order valence-corrected chi connectivity index (χ0v) is 11.2. The average molecular weight is 251 g/mol. The molecule has 0 saturated heterocycles. The Bertz CT molecular complexity index is 441. The molecular weight excluding hydrogens is 230 g/mol. The van der Waals surface area contributed by atoms with E-state index < -0.39 is 5.54 Å². The Kier molecular flexibility index (Phi) is 3.25. The summed E-state index contributed by atoms with van der Waals surface area (Å²) in [5, 5.41) is 9.11. The molecule has 4 nitrogen and oxygen atoms in total. The number of aliphatic hydroxyl groups is 1. The van der Waals surface area contributed by atoms with Gasteiger partial charge in [0.05, 0.1) is 12.1 Å². The molecule has 0 amide bonds. The molecule has 0 saturated carbocycles. The molecule has 1 heterocycles. The molecule has 0 spiro atoms. The first kappa shape index (κ1) is 13.2. The van der Waals surface area contributed by atoms with E-state index in [9.17, 15) is 0 Å². The first-order valence-electron chi connectivity index (χ1n) is 6.16. The van der Waals surface area contributed by atoms with E-state index in [-0.39, 0.29) is 18.8 Å². The molecule has 0 bridgehead atoms. The lowest BCUT2D eigenvalue weighted by Crippen LogP contribution is -2.45. The lowest BCUT2D eigenvalue weighted by Gasteiger charge is -2.23. The molecule has 0 fully saturated rings. The number of nitrogens with two attached hydrogens (primary N) is 1. The third kappa shape index (κ3) is 2.76. The van der Waals surface area contributed by atoms with Crippen LogP contribution >= 0.6 is 0 Å². The van der Waals surface area contributed by atoms with Crippen LogP contribution in [0, 0.1) is 0 Å². The van der Waals surface area contributed by atoms with Crippen LogP contribution in [0.2, 0.25) is 0 Å². The van der Waals surface area contributed by atoms with Gasteiger partial charge in [0.2, 0.25) is 0 Å². The SMILES string of the molecule is CC(N)(CO)COc1cccc2c1OC(C)(C)C2. The number of fused-ring (bicyclic) bond motifs is 1. The summed E-state index contributed by atoms with van der Waals surface area (Å²) in [7, 11) is 0. The van der Waals surface area contributed by atoms with Crippen molar-refractivity contribution in [2.75, 3.05) is 13.2 Å². The van der Waals surface area contributed by atoms with Crippen molar-refractivity contribution < 1.29 is 14.6 Å². The molecule has 1 aliphatic heterocycles. The van der Waals surface area contributed by atoms with Crippen LogP contribution in [0.1, 0.15) is 26.3 Å². The predicted octanol–water partition coefficient (Wildman–Crippen LogP) is 1.49. The van der Waals surface area contributed by atoms with Gasteiger partial charge in [-0.15, -0.1) is 0 Å². The molecule has 3 N–H and O–H groups in total. The van der Waals surface area contributed by atoms with Crippen LogP contribution in [0.5, 0.6) is 11.5 Å². The maximum Gasteiger partial charge on any atom is 0.165 e. The highest BCUT2D eigenvalue weighted by Crippen LogP contribution is 2.41. The Hall–Kier alpha value is -1.26. The van der Waals surface area contributed by atoms with Gasteiger partial charge in [0.25, 0.3) is 0 Å². The summed E-state index contributed by atoms with van der Waals surface area (Å²) in [6.45, 7) is 5.99. The van der Waals surface area contributed by atoms with E-state index in [4.69, 9.17) is 20.3 Å². The van der Waals surface area contributed by atoms with Crippen molar-refractivity contribution in [3.05, 3.63) is 23.8 Å². The minimum absolute atomic E-state index is 0.117. The number of ether oxygens (including phenoxy) is 2. The maximum atomic E-state index is 9.11. The van der Waals surface area contributed by atoms with Crippen molar-refractivity contribution in [2.24, 2.45) is 5.73 Å². The molecule has 1 aromatic rings. The van der Waals surface area contributed by atoms with Crippen LogP contribution < -0.4 is 15.2 Å². The van der Waals surface area contributed by atoms with E-state index in [0.717, 1.165) is 17.7 Å². The number of hydrogen-bond acceptors (Lipinski definition) is 4. The molecule has 1 unspecified atom stereocenters. The summed E-state index contributed by atoms with van der Waals surface area (Å²) in [6, 6.07) is 5.87. The van der Waals surface area contributed by atoms with Gasteiger partial charge in [-0.2, -0.15) is 0 Å². The molecule has 0 radical (unpaired) electrons. The van der Waals surface area contributed by atoms with Crippen LogP contribution in [-0.2, 0) is 6.42 Å². The van der Waals surface area contributed by atoms with Crippen molar-refractivity contribution in [2.45, 2.75) is 38.3 Å². The summed E-state index contributed by atoms with van der Waals surface area (Å²) in [4.78, 5) is 0. The second-order valence-electron chi connectivity index (χ2n) is 5.88. The van der Waals surface area contributed by atoms with E-state index in [2.05, 4.69) is 13.8 Å². The standard InChI is InChI=1S/C14H21NO3/c1-13(2)7-10-5-4-6-11(12(10)18-13)17-9-14(3,15)8-16/h4-6,16H,7-9,15H2,1-3H3. The van der Waals surface area contributed by atoms with E-state index in [1.54, 1.807) is 6.92 Å². The van der Waals surface area contributed by atoms with Crippen molar-refractivity contribution in [3.8, 4) is 11.5 Å². The van der Waals surface area contributed by atoms with E-state index >= 15 is 0 Å². The Balaban J connectivity index is 2.15. The zero-order chi connectivity index (χ0) is 13.4. The predicted molar refractivity (Wildman–Crippen MR) is 70.0 cm³/mol. The number of rotatable bonds is 4. The van der Waals surface area contributed by atoms with E-state index in [1.807, 2.05) is 18.2 Å². The van der Waals surface area contributed by atoms with Crippen LogP contribution in [-0.4, -0.2) is 29.5 Å². The van der Waals surface area contributed by atoms with Gasteiger partial charge >= 0.3 is 0 Å². The fraction of sp³-hybridized carbons (Fsp3) is 0.571. The van der Waals surface area contributed by atoms with Crippen LogP contribution in [0.25, 0.3) is 0 Å². The van der Waals surface area contributed by atoms with Gasteiger partial charge in [0.1, 0.15) is 12.2 Å². The monoisotopic (exact) mass is 251 g/mol. The average Bonchev–Trinajstić information content (AvgIpc) is 2.60. The second kappa shape index (κ2) is 4.44. The van der Waals surface area contributed by atoms with E-state index in [0.29, 0.717) is 5.75 Å². The Morgan fingerprint density at radius 3 is 2.89 bits per heavy atom. The molecule has 1 aromatic carbocycles. The summed E-state index contributed by atoms with van der Waals surface area (Å²) < 4.78 is 11.6. The Morgan fingerprint density at radius 2 is 2.22 bits per heavy atom. The highest BCUT2D eigenvalue weighted by Gasteiger charge is 2.32. The van der Waals surface area contributed by atoms with Crippen LogP contribution in [0.4, 0.5) is 0 Å². The molecule has 4 heteroatoms. The van der Waals surface area contributed by atoms with Gasteiger partial charge in [0.15, 0.2) is 11.5 Å². The van der Waals surface area contributed by atoms with Crippen molar-refractivity contribution in [3.63, 3.8) is 0 Å². The quantitative estimate of drug-likeness (QED) is 0.851. The Morgan fingerprint density at radius 1 is 1.50 bits per heavy atom. The molecule has 1 aliphatic rings. The van der Waals surface area contributed by atoms with Crippen LogP contribution in [0.15, 0.2) is 18.2 Å². The number of benzene rings is 1. The van der Waals surface area contributed by atoms with Gasteiger partial charge in [-0.05, 0) is 26.8 Å². The fourth-order valence-electron chi connectivity index (χ4n) is 1.99. The molecule has 0 aliphatic carbocycles.